The molecule has 0 fully saturated rings. The summed E-state index contributed by atoms with van der Waals surface area (Å²) in [4.78, 5) is 11.5. The van der Waals surface area contributed by atoms with Crippen molar-refractivity contribution in [2.45, 2.75) is 43.8 Å². The van der Waals surface area contributed by atoms with Crippen LogP contribution in [-0.4, -0.2) is 49.2 Å². The van der Waals surface area contributed by atoms with Crippen LogP contribution >= 0.6 is 0 Å². The molecular formula is C22H30N2O5S. The summed E-state index contributed by atoms with van der Waals surface area (Å²) in [6.45, 7) is 4.02. The standard InChI is InChI=1S/C22H30N2O5S/c1-17(2)13-14-24(30(27,28)19-11-7-4-8-12-19)16-20(25)21(29-22(23)26)15-18-9-5-3-6-10-18/h3-12,17,20-21,25H,13-16H2,1-2H3,(H2,23,26)/t20-,21+/m1/s1. The molecule has 2 aromatic rings. The first kappa shape index (κ1) is 23.9. The zero-order valence-electron chi connectivity index (χ0n) is 17.3. The molecule has 30 heavy (non-hydrogen) atoms. The molecule has 0 aliphatic rings. The van der Waals surface area contributed by atoms with Gasteiger partial charge in [-0.1, -0.05) is 62.4 Å². The quantitative estimate of drug-likeness (QED) is 0.565. The molecule has 0 aliphatic heterocycles. The molecule has 0 spiro atoms. The summed E-state index contributed by atoms with van der Waals surface area (Å²) in [5.41, 5.74) is 6.02. The van der Waals surface area contributed by atoms with E-state index in [2.05, 4.69) is 0 Å². The average molecular weight is 435 g/mol. The number of rotatable bonds is 11. The van der Waals surface area contributed by atoms with Crippen LogP contribution in [0, 0.1) is 5.92 Å². The lowest BCUT2D eigenvalue weighted by Crippen LogP contribution is -2.45. The van der Waals surface area contributed by atoms with E-state index in [1.165, 1.54) is 16.4 Å². The Balaban J connectivity index is 2.25. The lowest BCUT2D eigenvalue weighted by Gasteiger charge is -2.29. The van der Waals surface area contributed by atoms with Gasteiger partial charge in [-0.15, -0.1) is 0 Å². The van der Waals surface area contributed by atoms with Crippen molar-refractivity contribution in [2.24, 2.45) is 11.7 Å². The van der Waals surface area contributed by atoms with Crippen LogP contribution < -0.4 is 5.73 Å². The molecule has 2 rings (SSSR count). The number of aliphatic hydroxyl groups is 1. The number of benzene rings is 2. The van der Waals surface area contributed by atoms with Gasteiger partial charge in [0.1, 0.15) is 12.2 Å². The topological polar surface area (TPSA) is 110 Å². The monoisotopic (exact) mass is 434 g/mol. The van der Waals surface area contributed by atoms with Gasteiger partial charge >= 0.3 is 6.09 Å². The summed E-state index contributed by atoms with van der Waals surface area (Å²) in [6, 6.07) is 17.3. The van der Waals surface area contributed by atoms with Crippen LogP contribution in [0.3, 0.4) is 0 Å². The predicted molar refractivity (Wildman–Crippen MR) is 115 cm³/mol. The predicted octanol–water partition coefficient (Wildman–Crippen LogP) is 2.79. The first-order valence-corrected chi connectivity index (χ1v) is 11.4. The van der Waals surface area contributed by atoms with Crippen LogP contribution in [0.2, 0.25) is 0 Å². The molecule has 3 N–H and O–H groups in total. The number of aliphatic hydroxyl groups excluding tert-OH is 1. The highest BCUT2D eigenvalue weighted by Gasteiger charge is 2.31. The van der Waals surface area contributed by atoms with E-state index >= 15 is 0 Å². The average Bonchev–Trinajstić information content (AvgIpc) is 2.71. The minimum atomic E-state index is -3.83. The zero-order valence-corrected chi connectivity index (χ0v) is 18.2. The number of sulfonamides is 1. The molecule has 0 aliphatic carbocycles. The number of carbonyl (C=O) groups excluding carboxylic acids is 1. The van der Waals surface area contributed by atoms with Crippen molar-refractivity contribution in [2.75, 3.05) is 13.1 Å². The maximum Gasteiger partial charge on any atom is 0.404 e. The molecule has 0 saturated carbocycles. The number of primary amides is 1. The van der Waals surface area contributed by atoms with Crippen LogP contribution in [0.5, 0.6) is 0 Å². The van der Waals surface area contributed by atoms with E-state index in [0.717, 1.165) is 5.56 Å². The van der Waals surface area contributed by atoms with Gasteiger partial charge in [-0.3, -0.25) is 0 Å². The van der Waals surface area contributed by atoms with E-state index in [1.54, 1.807) is 18.2 Å². The molecule has 0 unspecified atom stereocenters. The summed E-state index contributed by atoms with van der Waals surface area (Å²) in [6.07, 6.45) is -2.40. The van der Waals surface area contributed by atoms with Crippen LogP contribution in [0.15, 0.2) is 65.6 Å². The molecule has 0 heterocycles. The molecule has 0 radical (unpaired) electrons. The van der Waals surface area contributed by atoms with Gasteiger partial charge in [-0.2, -0.15) is 4.31 Å². The van der Waals surface area contributed by atoms with Crippen molar-refractivity contribution in [3.8, 4) is 0 Å². The number of nitrogens with zero attached hydrogens (tertiary/aromatic N) is 1. The van der Waals surface area contributed by atoms with Crippen molar-refractivity contribution in [1.29, 1.82) is 0 Å². The summed E-state index contributed by atoms with van der Waals surface area (Å²) in [7, 11) is -3.83. The molecule has 0 aromatic heterocycles. The van der Waals surface area contributed by atoms with Gasteiger partial charge in [0, 0.05) is 19.5 Å². The summed E-state index contributed by atoms with van der Waals surface area (Å²) < 4.78 is 32.7. The Morgan fingerprint density at radius 3 is 2.17 bits per heavy atom. The molecule has 8 heteroatoms. The van der Waals surface area contributed by atoms with Gasteiger partial charge in [0.15, 0.2) is 0 Å². The normalized spacial score (nSPS) is 13.9. The summed E-state index contributed by atoms with van der Waals surface area (Å²) in [5.74, 6) is 0.276. The van der Waals surface area contributed by atoms with Crippen molar-refractivity contribution in [1.82, 2.24) is 4.31 Å². The van der Waals surface area contributed by atoms with Gasteiger partial charge in [0.2, 0.25) is 10.0 Å². The fourth-order valence-electron chi connectivity index (χ4n) is 3.03. The van der Waals surface area contributed by atoms with Gasteiger partial charge < -0.3 is 15.6 Å². The van der Waals surface area contributed by atoms with E-state index < -0.39 is 28.3 Å². The third-order valence-electron chi connectivity index (χ3n) is 4.70. The van der Waals surface area contributed by atoms with Gasteiger partial charge in [0.25, 0.3) is 0 Å². The largest absolute Gasteiger partial charge is 0.443 e. The Labute approximate surface area is 178 Å². The maximum absolute atomic E-state index is 13.2. The first-order valence-electron chi connectivity index (χ1n) is 9.93. The number of amides is 1. The first-order chi connectivity index (χ1) is 14.2. The third-order valence-corrected chi connectivity index (χ3v) is 6.58. The fraction of sp³-hybridized carbons (Fsp3) is 0.409. The minimum Gasteiger partial charge on any atom is -0.443 e. The Morgan fingerprint density at radius 1 is 1.07 bits per heavy atom. The highest BCUT2D eigenvalue weighted by Crippen LogP contribution is 2.19. The van der Waals surface area contributed by atoms with E-state index in [0.29, 0.717) is 6.42 Å². The molecule has 7 nitrogen and oxygen atoms in total. The lowest BCUT2D eigenvalue weighted by atomic mass is 10.0. The Bertz CT molecular complexity index is 888. The molecular weight excluding hydrogens is 404 g/mol. The van der Waals surface area contributed by atoms with Gasteiger partial charge in [-0.05, 0) is 30.0 Å². The summed E-state index contributed by atoms with van der Waals surface area (Å²) in [5, 5.41) is 10.8. The van der Waals surface area contributed by atoms with Crippen molar-refractivity contribution < 1.29 is 23.1 Å². The van der Waals surface area contributed by atoms with Crippen LogP contribution in [0.4, 0.5) is 4.79 Å². The van der Waals surface area contributed by atoms with Crippen molar-refractivity contribution in [3.05, 3.63) is 66.2 Å². The Kier molecular flexibility index (Phi) is 8.83. The second-order valence-electron chi connectivity index (χ2n) is 7.59. The second-order valence-corrected chi connectivity index (χ2v) is 9.53. The Hall–Kier alpha value is -2.42. The number of ether oxygens (including phenoxy) is 1. The molecule has 1 amide bonds. The second kappa shape index (κ2) is 11.1. The van der Waals surface area contributed by atoms with Gasteiger partial charge in [0.05, 0.1) is 4.90 Å². The van der Waals surface area contributed by atoms with Crippen molar-refractivity contribution in [3.63, 3.8) is 0 Å². The minimum absolute atomic E-state index is 0.149. The van der Waals surface area contributed by atoms with Crippen molar-refractivity contribution >= 4 is 16.1 Å². The van der Waals surface area contributed by atoms with Crippen LogP contribution in [0.25, 0.3) is 0 Å². The highest BCUT2D eigenvalue weighted by atomic mass is 32.2. The Morgan fingerprint density at radius 2 is 1.63 bits per heavy atom. The number of nitrogens with two attached hydrogens (primary N) is 1. The number of carbonyl (C=O) groups is 1. The molecule has 2 atom stereocenters. The molecule has 0 saturated heterocycles. The summed E-state index contributed by atoms with van der Waals surface area (Å²) >= 11 is 0. The smallest absolute Gasteiger partial charge is 0.404 e. The van der Waals surface area contributed by atoms with E-state index in [1.807, 2.05) is 44.2 Å². The van der Waals surface area contributed by atoms with Gasteiger partial charge in [-0.25, -0.2) is 13.2 Å². The van der Waals surface area contributed by atoms with E-state index in [-0.39, 0.29) is 30.3 Å². The number of hydrogen-bond acceptors (Lipinski definition) is 5. The fourth-order valence-corrected chi connectivity index (χ4v) is 4.53. The third kappa shape index (κ3) is 7.12. The SMILES string of the molecule is CC(C)CCN(C[C@@H](O)[C@H](Cc1ccccc1)OC(N)=O)S(=O)(=O)c1ccccc1. The molecule has 0 bridgehead atoms. The van der Waals surface area contributed by atoms with Crippen LogP contribution in [0.1, 0.15) is 25.8 Å². The number of hydrogen-bond donors (Lipinski definition) is 2. The van der Waals surface area contributed by atoms with Crippen LogP contribution in [-0.2, 0) is 21.2 Å². The lowest BCUT2D eigenvalue weighted by molar-refractivity contribution is -0.00139. The molecule has 2 aromatic carbocycles. The maximum atomic E-state index is 13.2. The zero-order chi connectivity index (χ0) is 22.1. The van der Waals surface area contributed by atoms with E-state index in [9.17, 15) is 18.3 Å². The molecule has 164 valence electrons. The van der Waals surface area contributed by atoms with E-state index in [4.69, 9.17) is 10.5 Å². The highest BCUT2D eigenvalue weighted by molar-refractivity contribution is 7.89.